The van der Waals surface area contributed by atoms with E-state index in [0.717, 1.165) is 17.1 Å². The molecule has 0 N–H and O–H groups in total. The highest BCUT2D eigenvalue weighted by atomic mass is 32.1. The molecule has 3 aliphatic carbocycles. The molecule has 1 aromatic heterocycles. The molecule has 0 bridgehead atoms. The summed E-state index contributed by atoms with van der Waals surface area (Å²) in [4.78, 5) is 2.38. The Hall–Kier alpha value is -7.78. The predicted octanol–water partition coefficient (Wildman–Crippen LogP) is 16.2. The highest BCUT2D eigenvalue weighted by Crippen LogP contribution is 2.67. The minimum Gasteiger partial charge on any atom is -0.310 e. The lowest BCUT2D eigenvalue weighted by molar-refractivity contribution is 0.633. The predicted molar refractivity (Wildman–Crippen MR) is 268 cm³/mol. The van der Waals surface area contributed by atoms with Crippen LogP contribution >= 0.6 is 11.3 Å². The molecule has 14 rings (SSSR count). The van der Waals surface area contributed by atoms with Crippen LogP contribution in [0.4, 0.5) is 17.1 Å². The van der Waals surface area contributed by atoms with E-state index >= 15 is 0 Å². The largest absolute Gasteiger partial charge is 0.310 e. The van der Waals surface area contributed by atoms with Crippen molar-refractivity contribution >= 4 is 48.6 Å². The Labute approximate surface area is 376 Å². The van der Waals surface area contributed by atoms with Crippen molar-refractivity contribution in [1.29, 1.82) is 0 Å². The van der Waals surface area contributed by atoms with Crippen LogP contribution in [0.5, 0.6) is 0 Å². The highest BCUT2D eigenvalue weighted by molar-refractivity contribution is 7.25. The van der Waals surface area contributed by atoms with Gasteiger partial charge in [-0.3, -0.25) is 0 Å². The van der Waals surface area contributed by atoms with Gasteiger partial charge < -0.3 is 4.90 Å². The van der Waals surface area contributed by atoms with Gasteiger partial charge in [-0.05, 0) is 132 Å². The lowest BCUT2D eigenvalue weighted by Gasteiger charge is -2.48. The van der Waals surface area contributed by atoms with Gasteiger partial charge in [0.2, 0.25) is 0 Å². The van der Waals surface area contributed by atoms with Crippen molar-refractivity contribution in [2.75, 3.05) is 4.90 Å². The molecule has 0 amide bonds. The SMILES string of the molecule is c1ccc(N(c2ccc(-c3ccc4c(c3)C3(c5ccccc5-4)c4ccccc4C4(c5ccccc5-c5ccccc54)c4ccccc43)cc2)c2ccc3sc4ccccc4c3c2)cc1. The molecule has 0 saturated carbocycles. The molecule has 2 spiro atoms. The fraction of sp³-hybridized carbons (Fsp3) is 0.0323. The number of thiophene rings is 1. The van der Waals surface area contributed by atoms with E-state index in [9.17, 15) is 0 Å². The summed E-state index contributed by atoms with van der Waals surface area (Å²) in [5, 5.41) is 2.60. The average molecular weight is 830 g/mol. The molecule has 298 valence electrons. The first-order valence-corrected chi connectivity index (χ1v) is 23.1. The molecule has 64 heavy (non-hydrogen) atoms. The summed E-state index contributed by atoms with van der Waals surface area (Å²) in [6.45, 7) is 0. The summed E-state index contributed by atoms with van der Waals surface area (Å²) < 4.78 is 2.62. The van der Waals surface area contributed by atoms with Gasteiger partial charge in [0.1, 0.15) is 0 Å². The zero-order valence-corrected chi connectivity index (χ0v) is 35.7. The van der Waals surface area contributed by atoms with Crippen molar-refractivity contribution in [2.45, 2.75) is 10.8 Å². The summed E-state index contributed by atoms with van der Waals surface area (Å²) in [6.07, 6.45) is 0. The van der Waals surface area contributed by atoms with Crippen LogP contribution in [0.2, 0.25) is 0 Å². The van der Waals surface area contributed by atoms with Crippen LogP contribution in [0.3, 0.4) is 0 Å². The van der Waals surface area contributed by atoms with Gasteiger partial charge in [0.15, 0.2) is 0 Å². The molecule has 10 aromatic carbocycles. The number of hydrogen-bond donors (Lipinski definition) is 0. The van der Waals surface area contributed by atoms with Crippen molar-refractivity contribution in [3.8, 4) is 33.4 Å². The number of nitrogens with zero attached hydrogens (tertiary/aromatic N) is 1. The molecule has 0 unspecified atom stereocenters. The Bertz CT molecular complexity index is 3590. The molecule has 1 heterocycles. The summed E-state index contributed by atoms with van der Waals surface area (Å²) in [6, 6.07) is 89.0. The molecular weight excluding hydrogens is 791 g/mol. The first-order chi connectivity index (χ1) is 31.7. The Morgan fingerprint density at radius 2 is 0.688 bits per heavy atom. The number of fused-ring (bicyclic) bond motifs is 19. The third-order valence-electron chi connectivity index (χ3n) is 14.6. The number of hydrogen-bond acceptors (Lipinski definition) is 2. The van der Waals surface area contributed by atoms with Gasteiger partial charge in [0.05, 0.1) is 10.8 Å². The van der Waals surface area contributed by atoms with Gasteiger partial charge in [-0.25, -0.2) is 0 Å². The van der Waals surface area contributed by atoms with Crippen LogP contribution in [0.1, 0.15) is 44.5 Å². The standard InChI is InChI=1S/C62H39NS/c1-2-16-42(17-3-1)63(44-35-37-60-50(39-44)49-21-7-15-29-59(49)64-60)43-33-30-40(31-34-43)41-32-36-48-47-20-6-10-24-53(47)62(58(48)38-41)56-27-13-11-25-54(56)61(55-26-12-14-28-57(55)62)51-22-8-4-18-45(51)46-19-5-9-23-52(46)61/h1-39H. The number of rotatable bonds is 4. The lowest BCUT2D eigenvalue weighted by atomic mass is 9.52. The summed E-state index contributed by atoms with van der Waals surface area (Å²) in [7, 11) is 0. The number of anilines is 3. The van der Waals surface area contributed by atoms with Crippen LogP contribution < -0.4 is 4.90 Å². The van der Waals surface area contributed by atoms with Crippen molar-refractivity contribution in [3.05, 3.63) is 281 Å². The van der Waals surface area contributed by atoms with Gasteiger partial charge in [0.25, 0.3) is 0 Å². The molecule has 0 aliphatic heterocycles. The fourth-order valence-electron chi connectivity index (χ4n) is 12.1. The van der Waals surface area contributed by atoms with Crippen molar-refractivity contribution < 1.29 is 0 Å². The van der Waals surface area contributed by atoms with Crippen LogP contribution in [0.15, 0.2) is 237 Å². The first kappa shape index (κ1) is 35.8. The fourth-order valence-corrected chi connectivity index (χ4v) is 13.2. The van der Waals surface area contributed by atoms with E-state index < -0.39 is 10.8 Å². The summed E-state index contributed by atoms with van der Waals surface area (Å²) in [5.74, 6) is 0. The van der Waals surface area contributed by atoms with Gasteiger partial charge in [0, 0.05) is 37.2 Å². The zero-order valence-electron chi connectivity index (χ0n) is 34.9. The molecular formula is C62H39NS. The number of para-hydroxylation sites is 1. The Balaban J connectivity index is 0.957. The monoisotopic (exact) mass is 829 g/mol. The molecule has 0 saturated heterocycles. The second kappa shape index (κ2) is 13.4. The van der Waals surface area contributed by atoms with Crippen molar-refractivity contribution in [2.24, 2.45) is 0 Å². The molecule has 1 nitrogen and oxygen atoms in total. The highest BCUT2D eigenvalue weighted by Gasteiger charge is 2.58. The molecule has 2 heteroatoms. The Morgan fingerprint density at radius 3 is 1.28 bits per heavy atom. The molecule has 11 aromatic rings. The minimum absolute atomic E-state index is 0.456. The molecule has 0 atom stereocenters. The van der Waals surface area contributed by atoms with Crippen molar-refractivity contribution in [3.63, 3.8) is 0 Å². The summed E-state index contributed by atoms with van der Waals surface area (Å²) >= 11 is 1.86. The third-order valence-corrected chi connectivity index (χ3v) is 15.7. The van der Waals surface area contributed by atoms with E-state index in [2.05, 4.69) is 241 Å². The zero-order chi connectivity index (χ0) is 42.0. The topological polar surface area (TPSA) is 3.24 Å². The quantitative estimate of drug-likeness (QED) is 0.171. The third kappa shape index (κ3) is 4.63. The Morgan fingerprint density at radius 1 is 0.266 bits per heavy atom. The second-order valence-corrected chi connectivity index (χ2v) is 18.6. The van der Waals surface area contributed by atoms with Crippen molar-refractivity contribution in [1.82, 2.24) is 0 Å². The maximum atomic E-state index is 2.51. The smallest absolute Gasteiger partial charge is 0.0720 e. The van der Waals surface area contributed by atoms with E-state index in [0.29, 0.717) is 0 Å². The lowest BCUT2D eigenvalue weighted by Crippen LogP contribution is -2.43. The maximum Gasteiger partial charge on any atom is 0.0720 e. The second-order valence-electron chi connectivity index (χ2n) is 17.5. The normalized spacial score (nSPS) is 14.2. The van der Waals surface area contributed by atoms with Gasteiger partial charge in [-0.1, -0.05) is 182 Å². The van der Waals surface area contributed by atoms with E-state index in [1.807, 2.05) is 11.3 Å². The maximum absolute atomic E-state index is 2.51. The summed E-state index contributed by atoms with van der Waals surface area (Å²) in [5.41, 5.74) is 20.9. The minimum atomic E-state index is -0.526. The van der Waals surface area contributed by atoms with E-state index in [1.54, 1.807) is 0 Å². The van der Waals surface area contributed by atoms with Crippen LogP contribution in [-0.2, 0) is 10.8 Å². The van der Waals surface area contributed by atoms with Crippen LogP contribution in [0.25, 0.3) is 53.6 Å². The van der Waals surface area contributed by atoms with Gasteiger partial charge in [-0.15, -0.1) is 11.3 Å². The van der Waals surface area contributed by atoms with Gasteiger partial charge >= 0.3 is 0 Å². The van der Waals surface area contributed by atoms with Crippen LogP contribution in [-0.4, -0.2) is 0 Å². The molecule has 3 aliphatic rings. The average Bonchev–Trinajstić information content (AvgIpc) is 3.99. The van der Waals surface area contributed by atoms with E-state index in [4.69, 9.17) is 0 Å². The van der Waals surface area contributed by atoms with E-state index in [-0.39, 0.29) is 0 Å². The molecule has 0 radical (unpaired) electrons. The van der Waals surface area contributed by atoms with E-state index in [1.165, 1.54) is 98.1 Å². The first-order valence-electron chi connectivity index (χ1n) is 22.3. The Kier molecular flexibility index (Phi) is 7.47. The van der Waals surface area contributed by atoms with Gasteiger partial charge in [-0.2, -0.15) is 0 Å². The van der Waals surface area contributed by atoms with Crippen LogP contribution in [0, 0.1) is 0 Å². The number of benzene rings is 10. The molecule has 0 fully saturated rings.